The van der Waals surface area contributed by atoms with Crippen molar-refractivity contribution in [2.75, 3.05) is 18.0 Å². The van der Waals surface area contributed by atoms with Crippen LogP contribution in [0, 0.1) is 0 Å². The molecule has 0 radical (unpaired) electrons. The van der Waals surface area contributed by atoms with Crippen LogP contribution in [0.5, 0.6) is 0 Å². The third-order valence-electron chi connectivity index (χ3n) is 4.92. The molecule has 1 aromatic carbocycles. The number of carbonyl (C=O) groups is 1. The fraction of sp³-hybridized carbons (Fsp3) is 0.300. The van der Waals surface area contributed by atoms with E-state index >= 15 is 0 Å². The number of anilines is 1. The van der Waals surface area contributed by atoms with Crippen LogP contribution < -0.4 is 10.4 Å². The van der Waals surface area contributed by atoms with Crippen LogP contribution in [0.4, 0.5) is 18.9 Å². The number of fused-ring (bicyclic) bond motifs is 1. The number of benzene rings is 1. The highest BCUT2D eigenvalue weighted by Crippen LogP contribution is 2.31. The van der Waals surface area contributed by atoms with Crippen molar-refractivity contribution in [1.29, 1.82) is 0 Å². The molecule has 1 aliphatic rings. The van der Waals surface area contributed by atoms with E-state index in [0.29, 0.717) is 31.6 Å². The van der Waals surface area contributed by atoms with Gasteiger partial charge in [-0.3, -0.25) is 9.63 Å². The molecule has 3 heterocycles. The van der Waals surface area contributed by atoms with Crippen molar-refractivity contribution in [3.8, 4) is 0 Å². The SMILES string of the molecule is O=C(NOC1CCN(c2ccc(C(F)(F)F)cc2)CC1)c1cn2ccccc2n1. The molecule has 1 aliphatic heterocycles. The molecule has 1 saturated heterocycles. The lowest BCUT2D eigenvalue weighted by atomic mass is 10.1. The highest BCUT2D eigenvalue weighted by Gasteiger charge is 2.30. The smallest absolute Gasteiger partial charge is 0.371 e. The second kappa shape index (κ2) is 7.75. The van der Waals surface area contributed by atoms with Gasteiger partial charge >= 0.3 is 6.18 Å². The summed E-state index contributed by atoms with van der Waals surface area (Å²) in [6, 6.07) is 10.6. The average molecular weight is 404 g/mol. The zero-order valence-corrected chi connectivity index (χ0v) is 15.4. The van der Waals surface area contributed by atoms with Gasteiger partial charge in [-0.15, -0.1) is 0 Å². The summed E-state index contributed by atoms with van der Waals surface area (Å²) in [7, 11) is 0. The Hall–Kier alpha value is -3.07. The fourth-order valence-electron chi connectivity index (χ4n) is 3.33. The molecule has 0 bridgehead atoms. The van der Waals surface area contributed by atoms with Crippen molar-refractivity contribution in [2.24, 2.45) is 0 Å². The van der Waals surface area contributed by atoms with Crippen LogP contribution in [0.2, 0.25) is 0 Å². The average Bonchev–Trinajstić information content (AvgIpc) is 3.16. The Balaban J connectivity index is 1.28. The number of hydrogen-bond donors (Lipinski definition) is 1. The van der Waals surface area contributed by atoms with Gasteiger partial charge in [0.2, 0.25) is 0 Å². The molecule has 29 heavy (non-hydrogen) atoms. The fourth-order valence-corrected chi connectivity index (χ4v) is 3.33. The zero-order valence-electron chi connectivity index (χ0n) is 15.4. The van der Waals surface area contributed by atoms with Crippen LogP contribution in [-0.4, -0.2) is 34.5 Å². The lowest BCUT2D eigenvalue weighted by Crippen LogP contribution is -2.40. The predicted octanol–water partition coefficient (Wildman–Crippen LogP) is 3.68. The number of hydroxylamine groups is 1. The van der Waals surface area contributed by atoms with Gasteiger partial charge in [0, 0.05) is 31.2 Å². The minimum Gasteiger partial charge on any atom is -0.371 e. The first-order valence-corrected chi connectivity index (χ1v) is 9.22. The van der Waals surface area contributed by atoms with Gasteiger partial charge in [-0.05, 0) is 49.2 Å². The second-order valence-electron chi connectivity index (χ2n) is 6.87. The van der Waals surface area contributed by atoms with Gasteiger partial charge in [0.1, 0.15) is 11.3 Å². The van der Waals surface area contributed by atoms with E-state index in [-0.39, 0.29) is 11.8 Å². The first kappa shape index (κ1) is 19.3. The van der Waals surface area contributed by atoms with E-state index in [1.54, 1.807) is 22.9 Å². The molecule has 1 fully saturated rings. The van der Waals surface area contributed by atoms with Crippen LogP contribution >= 0.6 is 0 Å². The Bertz CT molecular complexity index is 960. The molecule has 0 spiro atoms. The van der Waals surface area contributed by atoms with Gasteiger partial charge in [0.25, 0.3) is 5.91 Å². The molecule has 1 N–H and O–H groups in total. The Morgan fingerprint density at radius 1 is 1.10 bits per heavy atom. The number of imidazole rings is 1. The van der Waals surface area contributed by atoms with Crippen molar-refractivity contribution in [1.82, 2.24) is 14.9 Å². The van der Waals surface area contributed by atoms with E-state index in [1.165, 1.54) is 12.1 Å². The number of nitrogens with zero attached hydrogens (tertiary/aromatic N) is 3. The first-order chi connectivity index (χ1) is 13.9. The van der Waals surface area contributed by atoms with Crippen LogP contribution in [0.15, 0.2) is 54.9 Å². The summed E-state index contributed by atoms with van der Waals surface area (Å²) in [5, 5.41) is 0. The summed E-state index contributed by atoms with van der Waals surface area (Å²) in [6.45, 7) is 1.25. The number of rotatable bonds is 4. The molecule has 0 atom stereocenters. The predicted molar refractivity (Wildman–Crippen MR) is 100 cm³/mol. The molecule has 4 rings (SSSR count). The lowest BCUT2D eigenvalue weighted by Gasteiger charge is -2.33. The number of piperidine rings is 1. The molecular formula is C20H19F3N4O2. The van der Waals surface area contributed by atoms with Crippen molar-refractivity contribution in [3.05, 3.63) is 66.1 Å². The molecule has 0 unspecified atom stereocenters. The highest BCUT2D eigenvalue weighted by atomic mass is 19.4. The molecule has 0 aliphatic carbocycles. The molecule has 0 saturated carbocycles. The van der Waals surface area contributed by atoms with E-state index in [0.717, 1.165) is 17.8 Å². The number of aromatic nitrogens is 2. The first-order valence-electron chi connectivity index (χ1n) is 9.22. The van der Waals surface area contributed by atoms with E-state index < -0.39 is 17.6 Å². The summed E-state index contributed by atoms with van der Waals surface area (Å²) in [5.74, 6) is -0.418. The molecule has 2 aromatic heterocycles. The van der Waals surface area contributed by atoms with E-state index in [9.17, 15) is 18.0 Å². The lowest BCUT2D eigenvalue weighted by molar-refractivity contribution is -0.137. The minimum atomic E-state index is -4.33. The van der Waals surface area contributed by atoms with Gasteiger partial charge < -0.3 is 9.30 Å². The molecular weight excluding hydrogens is 385 g/mol. The topological polar surface area (TPSA) is 58.9 Å². The molecule has 6 nitrogen and oxygen atoms in total. The van der Waals surface area contributed by atoms with Gasteiger partial charge in [-0.25, -0.2) is 10.5 Å². The third kappa shape index (κ3) is 4.34. The summed E-state index contributed by atoms with van der Waals surface area (Å²) in [4.78, 5) is 24.0. The van der Waals surface area contributed by atoms with E-state index in [2.05, 4.69) is 10.5 Å². The number of alkyl halides is 3. The van der Waals surface area contributed by atoms with Gasteiger partial charge in [-0.1, -0.05) is 6.07 Å². The minimum absolute atomic E-state index is 0.165. The van der Waals surface area contributed by atoms with Crippen LogP contribution in [0.1, 0.15) is 28.9 Å². The number of pyridine rings is 1. The summed E-state index contributed by atoms with van der Waals surface area (Å²) >= 11 is 0. The summed E-state index contributed by atoms with van der Waals surface area (Å²) in [6.07, 6.45) is 0.219. The van der Waals surface area contributed by atoms with Gasteiger partial charge in [0.05, 0.1) is 11.7 Å². The van der Waals surface area contributed by atoms with Gasteiger partial charge in [-0.2, -0.15) is 13.2 Å². The van der Waals surface area contributed by atoms with Crippen molar-refractivity contribution in [3.63, 3.8) is 0 Å². The van der Waals surface area contributed by atoms with Crippen LogP contribution in [0.25, 0.3) is 5.65 Å². The van der Waals surface area contributed by atoms with E-state index in [4.69, 9.17) is 4.84 Å². The Morgan fingerprint density at radius 2 is 1.83 bits per heavy atom. The molecule has 9 heteroatoms. The Labute approximate surface area is 164 Å². The van der Waals surface area contributed by atoms with E-state index in [1.807, 2.05) is 17.0 Å². The van der Waals surface area contributed by atoms with Crippen molar-refractivity contribution in [2.45, 2.75) is 25.1 Å². The largest absolute Gasteiger partial charge is 0.416 e. The third-order valence-corrected chi connectivity index (χ3v) is 4.92. The molecule has 152 valence electrons. The molecule has 1 amide bonds. The number of carbonyl (C=O) groups excluding carboxylic acids is 1. The monoisotopic (exact) mass is 404 g/mol. The van der Waals surface area contributed by atoms with Crippen molar-refractivity contribution < 1.29 is 22.8 Å². The summed E-state index contributed by atoms with van der Waals surface area (Å²) < 4.78 is 39.8. The molecule has 3 aromatic rings. The van der Waals surface area contributed by atoms with Crippen molar-refractivity contribution >= 4 is 17.2 Å². The quantitative estimate of drug-likeness (QED) is 0.674. The zero-order chi connectivity index (χ0) is 20.4. The van der Waals surface area contributed by atoms with Crippen LogP contribution in [-0.2, 0) is 11.0 Å². The Morgan fingerprint density at radius 3 is 2.48 bits per heavy atom. The normalized spacial score (nSPS) is 15.6. The Kier molecular flexibility index (Phi) is 5.14. The number of amides is 1. The maximum absolute atomic E-state index is 12.7. The standard InChI is InChI=1S/C20H19F3N4O2/c21-20(22,23)14-4-6-15(7-5-14)26-11-8-16(9-12-26)29-25-19(28)17-13-27-10-2-1-3-18(27)24-17/h1-7,10,13,16H,8-9,11-12H2,(H,25,28). The maximum atomic E-state index is 12.7. The van der Waals surface area contributed by atoms with Gasteiger partial charge in [0.15, 0.2) is 0 Å². The number of nitrogens with one attached hydrogen (secondary N) is 1. The highest BCUT2D eigenvalue weighted by molar-refractivity contribution is 5.92. The number of hydrogen-bond acceptors (Lipinski definition) is 4. The van der Waals surface area contributed by atoms with Crippen LogP contribution in [0.3, 0.4) is 0 Å². The second-order valence-corrected chi connectivity index (χ2v) is 6.87. The summed E-state index contributed by atoms with van der Waals surface area (Å²) in [5.41, 5.74) is 3.46. The number of halogens is 3. The maximum Gasteiger partial charge on any atom is 0.416 e.